The molecule has 0 bridgehead atoms. The van der Waals surface area contributed by atoms with E-state index in [0.29, 0.717) is 30.0 Å². The van der Waals surface area contributed by atoms with E-state index in [0.717, 1.165) is 18.5 Å². The number of nitriles is 1. The molecule has 0 radical (unpaired) electrons. The van der Waals surface area contributed by atoms with Crippen molar-refractivity contribution in [1.82, 2.24) is 14.9 Å². The van der Waals surface area contributed by atoms with E-state index in [1.54, 1.807) is 42.7 Å². The SMILES string of the molecule is N#Cc1cccc(NC(=O)c2nc(C(=O)NCc3ccco3)c3n2CCCC3)c1. The summed E-state index contributed by atoms with van der Waals surface area (Å²) in [6, 6.07) is 12.2. The van der Waals surface area contributed by atoms with Crippen molar-refractivity contribution in [2.45, 2.75) is 32.4 Å². The molecule has 2 N–H and O–H groups in total. The lowest BCUT2D eigenvalue weighted by atomic mass is 10.1. The molecule has 0 atom stereocenters. The summed E-state index contributed by atoms with van der Waals surface area (Å²) >= 11 is 0. The van der Waals surface area contributed by atoms with Crippen LogP contribution in [0.3, 0.4) is 0 Å². The Morgan fingerprint density at radius 3 is 2.90 bits per heavy atom. The van der Waals surface area contributed by atoms with Gasteiger partial charge >= 0.3 is 0 Å². The normalized spacial score (nSPS) is 12.7. The molecule has 1 aliphatic heterocycles. The van der Waals surface area contributed by atoms with Crippen LogP contribution in [0, 0.1) is 11.3 Å². The molecular formula is C21H19N5O3. The molecule has 8 nitrogen and oxygen atoms in total. The third-order valence-corrected chi connectivity index (χ3v) is 4.79. The fourth-order valence-electron chi connectivity index (χ4n) is 3.42. The van der Waals surface area contributed by atoms with E-state index in [2.05, 4.69) is 15.6 Å². The third kappa shape index (κ3) is 3.89. The smallest absolute Gasteiger partial charge is 0.291 e. The van der Waals surface area contributed by atoms with Crippen molar-refractivity contribution < 1.29 is 14.0 Å². The zero-order valence-electron chi connectivity index (χ0n) is 15.6. The minimum atomic E-state index is -0.409. The standard InChI is InChI=1S/C21H19N5O3/c22-12-14-5-3-6-15(11-14)24-21(28)19-25-18(17-8-1-2-9-26(17)19)20(27)23-13-16-7-4-10-29-16/h3-7,10-11H,1-2,8-9,13H2,(H,23,27)(H,24,28). The molecule has 3 aromatic rings. The summed E-state index contributed by atoms with van der Waals surface area (Å²) < 4.78 is 7.05. The van der Waals surface area contributed by atoms with Gasteiger partial charge in [-0.3, -0.25) is 9.59 Å². The highest BCUT2D eigenvalue weighted by Gasteiger charge is 2.27. The van der Waals surface area contributed by atoms with Crippen molar-refractivity contribution >= 4 is 17.5 Å². The highest BCUT2D eigenvalue weighted by atomic mass is 16.3. The highest BCUT2D eigenvalue weighted by molar-refractivity contribution is 6.03. The summed E-state index contributed by atoms with van der Waals surface area (Å²) in [5, 5.41) is 14.6. The maximum Gasteiger partial charge on any atom is 0.291 e. The van der Waals surface area contributed by atoms with Crippen molar-refractivity contribution in [3.8, 4) is 6.07 Å². The third-order valence-electron chi connectivity index (χ3n) is 4.79. The van der Waals surface area contributed by atoms with Crippen LogP contribution in [0.5, 0.6) is 0 Å². The van der Waals surface area contributed by atoms with Crippen LogP contribution in [-0.2, 0) is 19.5 Å². The van der Waals surface area contributed by atoms with Crippen molar-refractivity contribution in [3.05, 3.63) is 71.2 Å². The van der Waals surface area contributed by atoms with Crippen molar-refractivity contribution in [1.29, 1.82) is 5.26 Å². The number of benzene rings is 1. The number of carbonyl (C=O) groups excluding carboxylic acids is 2. The molecule has 0 saturated heterocycles. The molecule has 4 rings (SSSR count). The van der Waals surface area contributed by atoms with Crippen LogP contribution in [0.25, 0.3) is 0 Å². The van der Waals surface area contributed by atoms with Gasteiger partial charge in [-0.15, -0.1) is 0 Å². The zero-order chi connectivity index (χ0) is 20.2. The van der Waals surface area contributed by atoms with Crippen LogP contribution in [0.15, 0.2) is 47.1 Å². The molecule has 8 heteroatoms. The maximum atomic E-state index is 12.8. The molecule has 3 heterocycles. The number of rotatable bonds is 5. The summed E-state index contributed by atoms with van der Waals surface area (Å²) in [4.78, 5) is 29.9. The number of anilines is 1. The Morgan fingerprint density at radius 2 is 2.10 bits per heavy atom. The van der Waals surface area contributed by atoms with E-state index in [-0.39, 0.29) is 24.0 Å². The lowest BCUT2D eigenvalue weighted by molar-refractivity contribution is 0.0942. The van der Waals surface area contributed by atoms with E-state index in [4.69, 9.17) is 9.68 Å². The Labute approximate surface area is 167 Å². The number of hydrogen-bond acceptors (Lipinski definition) is 5. The Morgan fingerprint density at radius 1 is 1.21 bits per heavy atom. The van der Waals surface area contributed by atoms with Crippen LogP contribution < -0.4 is 10.6 Å². The number of aromatic nitrogens is 2. The first-order valence-corrected chi connectivity index (χ1v) is 9.37. The van der Waals surface area contributed by atoms with Gasteiger partial charge in [-0.2, -0.15) is 5.26 Å². The number of hydrogen-bond donors (Lipinski definition) is 2. The first-order chi connectivity index (χ1) is 14.2. The van der Waals surface area contributed by atoms with E-state index in [1.807, 2.05) is 10.6 Å². The van der Waals surface area contributed by atoms with Crippen LogP contribution in [-0.4, -0.2) is 21.4 Å². The van der Waals surface area contributed by atoms with Gasteiger partial charge < -0.3 is 19.6 Å². The molecule has 1 aromatic carbocycles. The van der Waals surface area contributed by atoms with Crippen LogP contribution in [0.2, 0.25) is 0 Å². The summed E-state index contributed by atoms with van der Waals surface area (Å²) in [7, 11) is 0. The fourth-order valence-corrected chi connectivity index (χ4v) is 3.42. The average Bonchev–Trinajstić information content (AvgIpc) is 3.40. The van der Waals surface area contributed by atoms with Gasteiger partial charge in [-0.25, -0.2) is 4.98 Å². The molecule has 2 aromatic heterocycles. The fraction of sp³-hybridized carbons (Fsp3) is 0.238. The largest absolute Gasteiger partial charge is 0.467 e. The Bertz CT molecular complexity index is 1090. The number of fused-ring (bicyclic) bond motifs is 1. The van der Waals surface area contributed by atoms with Gasteiger partial charge in [0.25, 0.3) is 11.8 Å². The molecule has 146 valence electrons. The molecule has 29 heavy (non-hydrogen) atoms. The van der Waals surface area contributed by atoms with E-state index in [1.165, 1.54) is 0 Å². The molecule has 0 spiro atoms. The minimum Gasteiger partial charge on any atom is -0.467 e. The highest BCUT2D eigenvalue weighted by Crippen LogP contribution is 2.22. The Hall–Kier alpha value is -3.86. The first-order valence-electron chi connectivity index (χ1n) is 9.37. The molecule has 0 unspecified atom stereocenters. The average molecular weight is 389 g/mol. The number of carbonyl (C=O) groups is 2. The summed E-state index contributed by atoms with van der Waals surface area (Å²) in [5.74, 6) is 0.0953. The predicted molar refractivity (Wildman–Crippen MR) is 104 cm³/mol. The molecule has 0 fully saturated rings. The Balaban J connectivity index is 1.57. The van der Waals surface area contributed by atoms with Crippen molar-refractivity contribution in [2.75, 3.05) is 5.32 Å². The van der Waals surface area contributed by atoms with Gasteiger partial charge in [-0.05, 0) is 49.6 Å². The number of imidazole rings is 1. The van der Waals surface area contributed by atoms with Gasteiger partial charge in [0.1, 0.15) is 11.5 Å². The van der Waals surface area contributed by atoms with Crippen LogP contribution >= 0.6 is 0 Å². The number of nitrogens with one attached hydrogen (secondary N) is 2. The van der Waals surface area contributed by atoms with E-state index in [9.17, 15) is 9.59 Å². The van der Waals surface area contributed by atoms with Crippen LogP contribution in [0.4, 0.5) is 5.69 Å². The monoisotopic (exact) mass is 389 g/mol. The van der Waals surface area contributed by atoms with E-state index < -0.39 is 5.91 Å². The van der Waals surface area contributed by atoms with Gasteiger partial charge in [0, 0.05) is 12.2 Å². The molecular weight excluding hydrogens is 370 g/mol. The first kappa shape index (κ1) is 18.5. The summed E-state index contributed by atoms with van der Waals surface area (Å²) in [5.41, 5.74) is 1.99. The number of amides is 2. The van der Waals surface area contributed by atoms with Gasteiger partial charge in [0.15, 0.2) is 5.82 Å². The predicted octanol–water partition coefficient (Wildman–Crippen LogP) is 2.87. The topological polar surface area (TPSA) is 113 Å². The Kier molecular flexibility index (Phi) is 5.12. The second-order valence-electron chi connectivity index (χ2n) is 6.75. The summed E-state index contributed by atoms with van der Waals surface area (Å²) in [6.45, 7) is 0.884. The van der Waals surface area contributed by atoms with E-state index >= 15 is 0 Å². The van der Waals surface area contributed by atoms with Gasteiger partial charge in [-0.1, -0.05) is 6.07 Å². The molecule has 0 saturated carbocycles. The van der Waals surface area contributed by atoms with Gasteiger partial charge in [0.05, 0.1) is 30.1 Å². The van der Waals surface area contributed by atoms with Gasteiger partial charge in [0.2, 0.25) is 0 Å². The maximum absolute atomic E-state index is 12.8. The summed E-state index contributed by atoms with van der Waals surface area (Å²) in [6.07, 6.45) is 4.09. The number of furan rings is 1. The molecule has 2 amide bonds. The molecule has 0 aliphatic carbocycles. The molecule has 1 aliphatic rings. The minimum absolute atomic E-state index is 0.199. The lowest BCUT2D eigenvalue weighted by Gasteiger charge is -2.17. The second-order valence-corrected chi connectivity index (χ2v) is 6.75. The van der Waals surface area contributed by atoms with Crippen LogP contribution in [0.1, 0.15) is 51.0 Å². The number of nitrogens with zero attached hydrogens (tertiary/aromatic N) is 3. The van der Waals surface area contributed by atoms with Crippen molar-refractivity contribution in [3.63, 3.8) is 0 Å². The lowest BCUT2D eigenvalue weighted by Crippen LogP contribution is -2.25. The van der Waals surface area contributed by atoms with Crippen molar-refractivity contribution in [2.24, 2.45) is 0 Å². The quantitative estimate of drug-likeness (QED) is 0.697. The zero-order valence-corrected chi connectivity index (χ0v) is 15.6. The second kappa shape index (κ2) is 8.02.